The lowest BCUT2D eigenvalue weighted by Crippen LogP contribution is -2.24. The fraction of sp³-hybridized carbons (Fsp3) is 0.118. The summed E-state index contributed by atoms with van der Waals surface area (Å²) in [7, 11) is 0. The van der Waals surface area contributed by atoms with E-state index in [1.165, 1.54) is 0 Å². The molecule has 0 saturated carbocycles. The predicted molar refractivity (Wildman–Crippen MR) is 100 cm³/mol. The number of carbonyl (C=O) groups excluding carboxylic acids is 1. The molecule has 0 aliphatic heterocycles. The van der Waals surface area contributed by atoms with Crippen LogP contribution in [0.1, 0.15) is 11.4 Å². The van der Waals surface area contributed by atoms with E-state index in [2.05, 4.69) is 4.98 Å². The number of thioether (sulfide) groups is 1. The number of hydrogen-bond donors (Lipinski definition) is 1. The second kappa shape index (κ2) is 7.51. The standard InChI is InChI=1S/C17H15N3O2S.ClH/c1-11-6-2-5-9-14(11)20-15(10-23-17(18)22)19-13-8-4-3-7-12(13)16(20)21;/h2-9H,10H2,1H3,(H2,18,22);1H. The molecule has 3 aromatic rings. The number of hydrogen-bond acceptors (Lipinski definition) is 4. The molecule has 7 heteroatoms. The third kappa shape index (κ3) is 3.44. The first-order valence-electron chi connectivity index (χ1n) is 7.07. The monoisotopic (exact) mass is 361 g/mol. The van der Waals surface area contributed by atoms with Crippen LogP contribution in [0.15, 0.2) is 53.3 Å². The van der Waals surface area contributed by atoms with E-state index in [0.717, 1.165) is 23.0 Å². The van der Waals surface area contributed by atoms with Crippen molar-refractivity contribution in [2.75, 3.05) is 0 Å². The van der Waals surface area contributed by atoms with Crippen molar-refractivity contribution in [1.29, 1.82) is 0 Å². The van der Waals surface area contributed by atoms with Crippen molar-refractivity contribution in [1.82, 2.24) is 9.55 Å². The number of primary amides is 1. The molecule has 3 rings (SSSR count). The zero-order valence-electron chi connectivity index (χ0n) is 12.9. The maximum Gasteiger partial charge on any atom is 0.276 e. The molecule has 1 amide bonds. The minimum Gasteiger partial charge on any atom is -0.361 e. The molecule has 1 heterocycles. The van der Waals surface area contributed by atoms with Crippen LogP contribution in [0.25, 0.3) is 16.6 Å². The molecular weight excluding hydrogens is 346 g/mol. The highest BCUT2D eigenvalue weighted by molar-refractivity contribution is 8.12. The molecule has 0 aliphatic rings. The van der Waals surface area contributed by atoms with Gasteiger partial charge in [-0.2, -0.15) is 0 Å². The molecule has 0 atom stereocenters. The summed E-state index contributed by atoms with van der Waals surface area (Å²) < 4.78 is 1.56. The molecule has 0 aliphatic carbocycles. The van der Waals surface area contributed by atoms with Gasteiger partial charge in [-0.05, 0) is 30.7 Å². The van der Waals surface area contributed by atoms with Gasteiger partial charge in [0.15, 0.2) is 0 Å². The topological polar surface area (TPSA) is 78.0 Å². The SMILES string of the molecule is Cc1ccccc1-n1c(CSC(N)=O)nc2ccccc2c1=O.Cl. The van der Waals surface area contributed by atoms with Crippen molar-refractivity contribution >= 4 is 40.3 Å². The Morgan fingerprint density at radius 2 is 1.83 bits per heavy atom. The summed E-state index contributed by atoms with van der Waals surface area (Å²) in [6.07, 6.45) is 0. The quantitative estimate of drug-likeness (QED) is 0.775. The predicted octanol–water partition coefficient (Wildman–Crippen LogP) is 3.43. The molecule has 24 heavy (non-hydrogen) atoms. The normalized spacial score (nSPS) is 10.4. The first kappa shape index (κ1) is 18.0. The van der Waals surface area contributed by atoms with Gasteiger partial charge in [-0.15, -0.1) is 12.4 Å². The Bertz CT molecular complexity index is 956. The molecule has 0 saturated heterocycles. The van der Waals surface area contributed by atoms with Gasteiger partial charge >= 0.3 is 0 Å². The Morgan fingerprint density at radius 3 is 2.54 bits per heavy atom. The molecule has 2 N–H and O–H groups in total. The van der Waals surface area contributed by atoms with Crippen LogP contribution in [0.3, 0.4) is 0 Å². The first-order chi connectivity index (χ1) is 11.1. The van der Waals surface area contributed by atoms with Crippen molar-refractivity contribution in [3.8, 4) is 5.69 Å². The number of rotatable bonds is 3. The van der Waals surface area contributed by atoms with Gasteiger partial charge in [-0.1, -0.05) is 42.1 Å². The van der Waals surface area contributed by atoms with E-state index in [4.69, 9.17) is 5.73 Å². The fourth-order valence-electron chi connectivity index (χ4n) is 2.47. The Kier molecular flexibility index (Phi) is 5.64. The van der Waals surface area contributed by atoms with E-state index >= 15 is 0 Å². The highest BCUT2D eigenvalue weighted by atomic mass is 35.5. The van der Waals surface area contributed by atoms with Gasteiger partial charge in [0.2, 0.25) is 0 Å². The van der Waals surface area contributed by atoms with Gasteiger partial charge in [0.05, 0.1) is 22.3 Å². The Labute approximate surface area is 149 Å². The van der Waals surface area contributed by atoms with Gasteiger partial charge in [0.25, 0.3) is 10.8 Å². The molecular formula is C17H16ClN3O2S. The lowest BCUT2D eigenvalue weighted by atomic mass is 10.2. The van der Waals surface area contributed by atoms with Crippen LogP contribution in [0, 0.1) is 6.92 Å². The maximum absolute atomic E-state index is 12.9. The summed E-state index contributed by atoms with van der Waals surface area (Å²) in [5.41, 5.74) is 7.40. The maximum atomic E-state index is 12.9. The Balaban J connectivity index is 0.00000208. The van der Waals surface area contributed by atoms with Crippen LogP contribution in [-0.4, -0.2) is 14.8 Å². The molecule has 1 aromatic heterocycles. The van der Waals surface area contributed by atoms with Crippen LogP contribution in [0.4, 0.5) is 4.79 Å². The minimum atomic E-state index is -0.497. The van der Waals surface area contributed by atoms with E-state index in [-0.39, 0.29) is 23.7 Å². The van der Waals surface area contributed by atoms with Crippen LogP contribution < -0.4 is 11.3 Å². The number of benzene rings is 2. The van der Waals surface area contributed by atoms with Crippen molar-refractivity contribution in [2.24, 2.45) is 5.73 Å². The number of para-hydroxylation sites is 2. The van der Waals surface area contributed by atoms with Crippen molar-refractivity contribution in [3.05, 3.63) is 70.3 Å². The number of aromatic nitrogens is 2. The van der Waals surface area contributed by atoms with Gasteiger partial charge in [0, 0.05) is 0 Å². The van der Waals surface area contributed by atoms with Crippen molar-refractivity contribution in [2.45, 2.75) is 12.7 Å². The molecule has 0 fully saturated rings. The lowest BCUT2D eigenvalue weighted by molar-refractivity contribution is 0.267. The zero-order valence-corrected chi connectivity index (χ0v) is 14.6. The van der Waals surface area contributed by atoms with E-state index in [1.807, 2.05) is 43.3 Å². The first-order valence-corrected chi connectivity index (χ1v) is 8.05. The second-order valence-electron chi connectivity index (χ2n) is 5.08. The molecule has 5 nitrogen and oxygen atoms in total. The molecule has 0 unspecified atom stereocenters. The Hall–Kier alpha value is -2.31. The largest absolute Gasteiger partial charge is 0.361 e. The van der Waals surface area contributed by atoms with E-state index in [9.17, 15) is 9.59 Å². The molecule has 0 radical (unpaired) electrons. The molecule has 2 aromatic carbocycles. The summed E-state index contributed by atoms with van der Waals surface area (Å²) >= 11 is 0.933. The number of nitrogens with zero attached hydrogens (tertiary/aromatic N) is 2. The summed E-state index contributed by atoms with van der Waals surface area (Å²) in [4.78, 5) is 28.6. The number of fused-ring (bicyclic) bond motifs is 1. The van der Waals surface area contributed by atoms with Gasteiger partial charge in [-0.25, -0.2) is 4.98 Å². The van der Waals surface area contributed by atoms with Crippen molar-refractivity contribution < 1.29 is 4.79 Å². The summed E-state index contributed by atoms with van der Waals surface area (Å²) in [5.74, 6) is 0.746. The number of halogens is 1. The van der Waals surface area contributed by atoms with Crippen LogP contribution in [0.2, 0.25) is 0 Å². The summed E-state index contributed by atoms with van der Waals surface area (Å²) in [5, 5.41) is 0.0484. The highest BCUT2D eigenvalue weighted by Gasteiger charge is 2.14. The zero-order chi connectivity index (χ0) is 16.4. The number of carbonyl (C=O) groups is 1. The number of nitrogens with two attached hydrogens (primary N) is 1. The van der Waals surface area contributed by atoms with Crippen LogP contribution >= 0.6 is 24.2 Å². The average molecular weight is 362 g/mol. The third-order valence-corrected chi connectivity index (χ3v) is 4.23. The van der Waals surface area contributed by atoms with Gasteiger partial charge in [-0.3, -0.25) is 14.2 Å². The lowest BCUT2D eigenvalue weighted by Gasteiger charge is -2.14. The number of amides is 1. The average Bonchev–Trinajstić information content (AvgIpc) is 2.54. The van der Waals surface area contributed by atoms with E-state index in [1.54, 1.807) is 16.7 Å². The van der Waals surface area contributed by atoms with Gasteiger partial charge in [0.1, 0.15) is 5.82 Å². The van der Waals surface area contributed by atoms with E-state index < -0.39 is 5.24 Å². The molecule has 124 valence electrons. The molecule has 0 spiro atoms. The second-order valence-corrected chi connectivity index (χ2v) is 6.06. The highest BCUT2D eigenvalue weighted by Crippen LogP contribution is 2.19. The fourth-order valence-corrected chi connectivity index (χ4v) is 2.94. The van der Waals surface area contributed by atoms with Crippen LogP contribution in [0.5, 0.6) is 0 Å². The van der Waals surface area contributed by atoms with Crippen LogP contribution in [-0.2, 0) is 5.75 Å². The molecule has 0 bridgehead atoms. The smallest absolute Gasteiger partial charge is 0.276 e. The van der Waals surface area contributed by atoms with Gasteiger partial charge < -0.3 is 5.73 Å². The van der Waals surface area contributed by atoms with E-state index in [0.29, 0.717) is 16.7 Å². The number of aryl methyl sites for hydroxylation is 1. The third-order valence-electron chi connectivity index (χ3n) is 3.55. The van der Waals surface area contributed by atoms with Crippen molar-refractivity contribution in [3.63, 3.8) is 0 Å². The Morgan fingerprint density at radius 1 is 1.17 bits per heavy atom. The summed E-state index contributed by atoms with van der Waals surface area (Å²) in [6.45, 7) is 1.93. The summed E-state index contributed by atoms with van der Waals surface area (Å²) in [6, 6.07) is 14.8. The minimum absolute atomic E-state index is 0.